The number of hydrogen-bond acceptors (Lipinski definition) is 2. The zero-order valence-corrected chi connectivity index (χ0v) is 8.48. The fraction of sp³-hybridized carbons (Fsp3) is 0.364. The third-order valence-electron chi connectivity index (χ3n) is 2.57. The van der Waals surface area contributed by atoms with Crippen molar-refractivity contribution in [3.05, 3.63) is 35.6 Å². The molecule has 0 spiro atoms. The van der Waals surface area contributed by atoms with Crippen LogP contribution in [-0.4, -0.2) is 17.6 Å². The number of halogens is 1. The van der Waals surface area contributed by atoms with Crippen LogP contribution in [0.5, 0.6) is 0 Å². The molecule has 4 heteroatoms. The van der Waals surface area contributed by atoms with Crippen molar-refractivity contribution in [2.45, 2.75) is 12.8 Å². The zero-order chi connectivity index (χ0) is 11.4. The van der Waals surface area contributed by atoms with Gasteiger partial charge in [0.05, 0.1) is 5.92 Å². The molecule has 0 bridgehead atoms. The van der Waals surface area contributed by atoms with Crippen molar-refractivity contribution in [1.82, 2.24) is 0 Å². The van der Waals surface area contributed by atoms with Gasteiger partial charge in [-0.1, -0.05) is 19.1 Å². The van der Waals surface area contributed by atoms with Gasteiger partial charge in [-0.05, 0) is 23.6 Å². The molecule has 1 aromatic rings. The normalized spacial score (nSPS) is 14.6. The SMILES string of the molecule is CC(c1ccc(F)cc1)C(CN)C(=O)O. The van der Waals surface area contributed by atoms with E-state index < -0.39 is 11.9 Å². The van der Waals surface area contributed by atoms with Gasteiger partial charge in [-0.2, -0.15) is 0 Å². The Morgan fingerprint density at radius 1 is 1.47 bits per heavy atom. The van der Waals surface area contributed by atoms with Gasteiger partial charge in [0, 0.05) is 6.54 Å². The van der Waals surface area contributed by atoms with Gasteiger partial charge >= 0.3 is 5.97 Å². The molecule has 0 radical (unpaired) electrons. The quantitative estimate of drug-likeness (QED) is 0.794. The molecule has 1 aromatic carbocycles. The minimum absolute atomic E-state index is 0.0773. The van der Waals surface area contributed by atoms with E-state index >= 15 is 0 Å². The summed E-state index contributed by atoms with van der Waals surface area (Å²) in [6.45, 7) is 1.85. The number of benzene rings is 1. The minimum Gasteiger partial charge on any atom is -0.481 e. The Morgan fingerprint density at radius 3 is 2.40 bits per heavy atom. The Kier molecular flexibility index (Phi) is 3.80. The number of rotatable bonds is 4. The summed E-state index contributed by atoms with van der Waals surface area (Å²) < 4.78 is 12.7. The van der Waals surface area contributed by atoms with E-state index in [1.165, 1.54) is 12.1 Å². The van der Waals surface area contributed by atoms with E-state index in [4.69, 9.17) is 10.8 Å². The number of carboxylic acids is 1. The molecule has 0 aliphatic carbocycles. The van der Waals surface area contributed by atoms with Crippen molar-refractivity contribution in [2.24, 2.45) is 11.7 Å². The summed E-state index contributed by atoms with van der Waals surface area (Å²) in [5, 5.41) is 8.91. The zero-order valence-electron chi connectivity index (χ0n) is 8.48. The van der Waals surface area contributed by atoms with E-state index in [9.17, 15) is 9.18 Å². The second-order valence-electron chi connectivity index (χ2n) is 3.52. The third kappa shape index (κ3) is 2.76. The van der Waals surface area contributed by atoms with E-state index in [-0.39, 0.29) is 18.3 Å². The molecule has 15 heavy (non-hydrogen) atoms. The highest BCUT2D eigenvalue weighted by molar-refractivity contribution is 5.71. The Morgan fingerprint density at radius 2 is 2.00 bits per heavy atom. The average Bonchev–Trinajstić information content (AvgIpc) is 2.19. The van der Waals surface area contributed by atoms with E-state index in [1.54, 1.807) is 19.1 Å². The molecular formula is C11H14FNO2. The second kappa shape index (κ2) is 4.89. The highest BCUT2D eigenvalue weighted by atomic mass is 19.1. The fourth-order valence-electron chi connectivity index (χ4n) is 1.52. The summed E-state index contributed by atoms with van der Waals surface area (Å²) in [4.78, 5) is 10.9. The van der Waals surface area contributed by atoms with Gasteiger partial charge in [0.1, 0.15) is 5.82 Å². The number of carbonyl (C=O) groups is 1. The topological polar surface area (TPSA) is 63.3 Å². The molecule has 0 saturated heterocycles. The maximum Gasteiger partial charge on any atom is 0.308 e. The monoisotopic (exact) mass is 211 g/mol. The minimum atomic E-state index is -0.922. The number of nitrogens with two attached hydrogens (primary N) is 1. The van der Waals surface area contributed by atoms with E-state index in [0.717, 1.165) is 5.56 Å². The van der Waals surface area contributed by atoms with Crippen LogP contribution >= 0.6 is 0 Å². The van der Waals surface area contributed by atoms with Gasteiger partial charge < -0.3 is 10.8 Å². The number of carboxylic acid groups (broad SMARTS) is 1. The van der Waals surface area contributed by atoms with Gasteiger partial charge in [0.2, 0.25) is 0 Å². The molecular weight excluding hydrogens is 197 g/mol. The Hall–Kier alpha value is -1.42. The Labute approximate surface area is 87.7 Å². The lowest BCUT2D eigenvalue weighted by molar-refractivity contribution is -0.142. The van der Waals surface area contributed by atoms with Crippen LogP contribution in [0.25, 0.3) is 0 Å². The third-order valence-corrected chi connectivity index (χ3v) is 2.57. The van der Waals surface area contributed by atoms with Crippen LogP contribution in [-0.2, 0) is 4.79 Å². The molecule has 0 heterocycles. The predicted molar refractivity (Wildman–Crippen MR) is 55.0 cm³/mol. The lowest BCUT2D eigenvalue weighted by atomic mass is 9.88. The van der Waals surface area contributed by atoms with E-state index in [2.05, 4.69) is 0 Å². The second-order valence-corrected chi connectivity index (χ2v) is 3.52. The van der Waals surface area contributed by atoms with Crippen molar-refractivity contribution < 1.29 is 14.3 Å². The molecule has 82 valence electrons. The molecule has 0 aliphatic rings. The molecule has 0 amide bonds. The first-order chi connectivity index (χ1) is 7.06. The van der Waals surface area contributed by atoms with Crippen LogP contribution in [0.15, 0.2) is 24.3 Å². The summed E-state index contributed by atoms with van der Waals surface area (Å²) in [6, 6.07) is 5.82. The lowest BCUT2D eigenvalue weighted by Gasteiger charge is -2.18. The molecule has 0 aromatic heterocycles. The Balaban J connectivity index is 2.87. The first-order valence-corrected chi connectivity index (χ1v) is 4.74. The predicted octanol–water partition coefficient (Wildman–Crippen LogP) is 1.59. The number of hydrogen-bond donors (Lipinski definition) is 2. The van der Waals surface area contributed by atoms with Gasteiger partial charge in [-0.15, -0.1) is 0 Å². The van der Waals surface area contributed by atoms with E-state index in [1.807, 2.05) is 0 Å². The van der Waals surface area contributed by atoms with Crippen molar-refractivity contribution >= 4 is 5.97 Å². The lowest BCUT2D eigenvalue weighted by Crippen LogP contribution is -2.28. The molecule has 0 fully saturated rings. The van der Waals surface area contributed by atoms with Crippen LogP contribution in [0.3, 0.4) is 0 Å². The summed E-state index contributed by atoms with van der Waals surface area (Å²) in [6.07, 6.45) is 0. The Bertz CT molecular complexity index is 337. The van der Waals surface area contributed by atoms with Crippen LogP contribution in [0, 0.1) is 11.7 Å². The van der Waals surface area contributed by atoms with Crippen molar-refractivity contribution in [2.75, 3.05) is 6.54 Å². The van der Waals surface area contributed by atoms with Gasteiger partial charge in [0.15, 0.2) is 0 Å². The van der Waals surface area contributed by atoms with Crippen LogP contribution < -0.4 is 5.73 Å². The molecule has 2 atom stereocenters. The van der Waals surface area contributed by atoms with E-state index in [0.29, 0.717) is 0 Å². The molecule has 2 unspecified atom stereocenters. The summed E-state index contributed by atoms with van der Waals surface area (Å²) >= 11 is 0. The standard InChI is InChI=1S/C11H14FNO2/c1-7(10(6-13)11(14)15)8-2-4-9(12)5-3-8/h2-5,7,10H,6,13H2,1H3,(H,14,15). The van der Waals surface area contributed by atoms with Crippen molar-refractivity contribution in [1.29, 1.82) is 0 Å². The first-order valence-electron chi connectivity index (χ1n) is 4.74. The largest absolute Gasteiger partial charge is 0.481 e. The molecule has 0 aliphatic heterocycles. The molecule has 1 rings (SSSR count). The average molecular weight is 211 g/mol. The number of aliphatic carboxylic acids is 1. The maximum atomic E-state index is 12.7. The molecule has 3 N–H and O–H groups in total. The maximum absolute atomic E-state index is 12.7. The first kappa shape index (κ1) is 11.7. The van der Waals surface area contributed by atoms with Crippen LogP contribution in [0.2, 0.25) is 0 Å². The highest BCUT2D eigenvalue weighted by Crippen LogP contribution is 2.23. The van der Waals surface area contributed by atoms with Gasteiger partial charge in [0.25, 0.3) is 0 Å². The van der Waals surface area contributed by atoms with Gasteiger partial charge in [-0.3, -0.25) is 4.79 Å². The van der Waals surface area contributed by atoms with Gasteiger partial charge in [-0.25, -0.2) is 4.39 Å². The summed E-state index contributed by atoms with van der Waals surface area (Å²) in [7, 11) is 0. The molecule has 0 saturated carbocycles. The smallest absolute Gasteiger partial charge is 0.308 e. The summed E-state index contributed by atoms with van der Waals surface area (Å²) in [5.74, 6) is -2.09. The van der Waals surface area contributed by atoms with Crippen molar-refractivity contribution in [3.63, 3.8) is 0 Å². The van der Waals surface area contributed by atoms with Crippen molar-refractivity contribution in [3.8, 4) is 0 Å². The van der Waals surface area contributed by atoms with Crippen LogP contribution in [0.4, 0.5) is 4.39 Å². The highest BCUT2D eigenvalue weighted by Gasteiger charge is 2.24. The fourth-order valence-corrected chi connectivity index (χ4v) is 1.52. The summed E-state index contributed by atoms with van der Waals surface area (Å²) in [5.41, 5.74) is 6.17. The molecule has 3 nitrogen and oxygen atoms in total. The van der Waals surface area contributed by atoms with Crippen LogP contribution in [0.1, 0.15) is 18.4 Å².